The Bertz CT molecular complexity index is 1010. The summed E-state index contributed by atoms with van der Waals surface area (Å²) in [6, 6.07) is 5.65. The van der Waals surface area contributed by atoms with Crippen LogP contribution in [-0.4, -0.2) is 61.9 Å². The number of nitrogens with zero attached hydrogens (tertiary/aromatic N) is 3. The Balaban J connectivity index is 1.40. The number of carbonyl (C=O) groups is 1. The molecular formula is C19H23N3O5S2. The van der Waals surface area contributed by atoms with Crippen molar-refractivity contribution >= 4 is 27.3 Å². The number of methoxy groups -OCH3 is 1. The van der Waals surface area contributed by atoms with Crippen molar-refractivity contribution in [2.24, 2.45) is 5.92 Å². The molecule has 1 fully saturated rings. The molecule has 2 aliphatic rings. The van der Waals surface area contributed by atoms with Crippen LogP contribution in [0.5, 0.6) is 11.5 Å². The Kier molecular flexibility index (Phi) is 5.48. The Morgan fingerprint density at radius 3 is 2.76 bits per heavy atom. The summed E-state index contributed by atoms with van der Waals surface area (Å²) in [6.45, 7) is 1.52. The maximum atomic E-state index is 13.0. The molecule has 4 rings (SSSR count). The molecule has 10 heteroatoms. The van der Waals surface area contributed by atoms with Gasteiger partial charge in [0.2, 0.25) is 5.91 Å². The van der Waals surface area contributed by atoms with Crippen LogP contribution in [0.3, 0.4) is 0 Å². The molecule has 0 unspecified atom stereocenters. The first-order valence-electron chi connectivity index (χ1n) is 9.47. The van der Waals surface area contributed by atoms with Crippen molar-refractivity contribution in [1.29, 1.82) is 0 Å². The number of rotatable bonds is 4. The SMILES string of the molecule is COc1ccc2c(c1)C[C@@H](C(=O)N1CCC(c3nnsc3S(C)(=O)=O)CC1)CO2. The van der Waals surface area contributed by atoms with Gasteiger partial charge in [0, 0.05) is 36.8 Å². The zero-order valence-electron chi connectivity index (χ0n) is 16.3. The standard InChI is InChI=1S/C19H23N3O5S2/c1-26-15-3-4-16-13(10-15)9-14(11-27-16)18(23)22-7-5-12(6-8-22)17-19(28-21-20-17)29(2,24)25/h3-4,10,12,14H,5-9,11H2,1-2H3/t14-/m1/s1. The van der Waals surface area contributed by atoms with E-state index >= 15 is 0 Å². The highest BCUT2D eigenvalue weighted by Crippen LogP contribution is 2.35. The number of sulfone groups is 1. The molecule has 1 amide bonds. The molecule has 0 N–H and O–H groups in total. The highest BCUT2D eigenvalue weighted by Gasteiger charge is 2.34. The lowest BCUT2D eigenvalue weighted by atomic mass is 9.91. The summed E-state index contributed by atoms with van der Waals surface area (Å²) in [4.78, 5) is 14.9. The lowest BCUT2D eigenvalue weighted by molar-refractivity contribution is -0.138. The third-order valence-electron chi connectivity index (χ3n) is 5.53. The van der Waals surface area contributed by atoms with Crippen molar-refractivity contribution < 1.29 is 22.7 Å². The number of piperidine rings is 1. The third kappa shape index (κ3) is 4.09. The molecule has 0 spiro atoms. The van der Waals surface area contributed by atoms with Gasteiger partial charge >= 0.3 is 0 Å². The van der Waals surface area contributed by atoms with E-state index in [1.807, 2.05) is 23.1 Å². The van der Waals surface area contributed by atoms with Crippen molar-refractivity contribution in [1.82, 2.24) is 14.5 Å². The largest absolute Gasteiger partial charge is 0.497 e. The average molecular weight is 438 g/mol. The number of likely N-dealkylation sites (tertiary alicyclic amines) is 1. The zero-order valence-corrected chi connectivity index (χ0v) is 18.0. The summed E-state index contributed by atoms with van der Waals surface area (Å²) in [6.07, 6.45) is 3.16. The van der Waals surface area contributed by atoms with E-state index in [1.165, 1.54) is 6.26 Å². The Morgan fingerprint density at radius 2 is 2.07 bits per heavy atom. The number of hydrogen-bond donors (Lipinski definition) is 0. The van der Waals surface area contributed by atoms with Gasteiger partial charge in [-0.15, -0.1) is 5.10 Å². The maximum Gasteiger partial charge on any atom is 0.229 e. The Morgan fingerprint density at radius 1 is 1.31 bits per heavy atom. The highest BCUT2D eigenvalue weighted by molar-refractivity contribution is 7.92. The number of carbonyl (C=O) groups excluding carboxylic acids is 1. The maximum absolute atomic E-state index is 13.0. The average Bonchev–Trinajstić information content (AvgIpc) is 3.23. The van der Waals surface area contributed by atoms with Crippen LogP contribution in [0.15, 0.2) is 22.4 Å². The molecule has 156 valence electrons. The molecule has 0 saturated carbocycles. The first-order valence-corrected chi connectivity index (χ1v) is 12.1. The van der Waals surface area contributed by atoms with E-state index in [0.29, 0.717) is 44.7 Å². The lowest BCUT2D eigenvalue weighted by Gasteiger charge is -2.35. The Hall–Kier alpha value is -2.20. The van der Waals surface area contributed by atoms with Gasteiger partial charge in [-0.3, -0.25) is 4.79 Å². The Labute approximate surface area is 173 Å². The fourth-order valence-corrected chi connectivity index (χ4v) is 5.72. The van der Waals surface area contributed by atoms with Gasteiger partial charge < -0.3 is 14.4 Å². The van der Waals surface area contributed by atoms with E-state index in [4.69, 9.17) is 9.47 Å². The third-order valence-corrected chi connectivity index (χ3v) is 8.09. The van der Waals surface area contributed by atoms with Crippen LogP contribution in [0.4, 0.5) is 0 Å². The minimum atomic E-state index is -3.33. The molecule has 0 radical (unpaired) electrons. The number of fused-ring (bicyclic) bond motifs is 1. The molecular weight excluding hydrogens is 414 g/mol. The predicted octanol–water partition coefficient (Wildman–Crippen LogP) is 1.91. The summed E-state index contributed by atoms with van der Waals surface area (Å²) in [5, 5.41) is 4.06. The minimum absolute atomic E-state index is 0.00937. The molecule has 1 saturated heterocycles. The van der Waals surface area contributed by atoms with Gasteiger partial charge in [-0.1, -0.05) is 4.49 Å². The first-order chi connectivity index (χ1) is 13.9. The van der Waals surface area contributed by atoms with E-state index < -0.39 is 9.84 Å². The van der Waals surface area contributed by atoms with Gasteiger partial charge in [0.05, 0.1) is 18.7 Å². The number of amides is 1. The van der Waals surface area contributed by atoms with E-state index in [0.717, 1.165) is 28.6 Å². The van der Waals surface area contributed by atoms with Gasteiger partial charge in [0.25, 0.3) is 0 Å². The second kappa shape index (κ2) is 7.91. The fraction of sp³-hybridized carbons (Fsp3) is 0.526. The summed E-state index contributed by atoms with van der Waals surface area (Å²) >= 11 is 0.920. The summed E-state index contributed by atoms with van der Waals surface area (Å²) in [5.41, 5.74) is 1.53. The monoisotopic (exact) mass is 437 g/mol. The zero-order chi connectivity index (χ0) is 20.6. The number of hydrogen-bond acceptors (Lipinski definition) is 8. The minimum Gasteiger partial charge on any atom is -0.497 e. The quantitative estimate of drug-likeness (QED) is 0.720. The second-order valence-corrected chi connectivity index (χ2v) is 10.5. The van der Waals surface area contributed by atoms with Crippen LogP contribution < -0.4 is 9.47 Å². The van der Waals surface area contributed by atoms with Crippen LogP contribution in [0.1, 0.15) is 30.0 Å². The van der Waals surface area contributed by atoms with Crippen LogP contribution in [0.2, 0.25) is 0 Å². The van der Waals surface area contributed by atoms with Crippen molar-refractivity contribution in [3.63, 3.8) is 0 Å². The van der Waals surface area contributed by atoms with E-state index in [9.17, 15) is 13.2 Å². The molecule has 2 aliphatic heterocycles. The van der Waals surface area contributed by atoms with Crippen molar-refractivity contribution in [3.05, 3.63) is 29.5 Å². The molecule has 8 nitrogen and oxygen atoms in total. The van der Waals surface area contributed by atoms with Crippen LogP contribution in [-0.2, 0) is 21.1 Å². The smallest absolute Gasteiger partial charge is 0.229 e. The van der Waals surface area contributed by atoms with Gasteiger partial charge in [-0.05, 0) is 43.0 Å². The molecule has 3 heterocycles. The molecule has 0 aliphatic carbocycles. The second-order valence-electron chi connectivity index (χ2n) is 7.50. The molecule has 0 bridgehead atoms. The van der Waals surface area contributed by atoms with Crippen molar-refractivity contribution in [3.8, 4) is 11.5 Å². The number of ether oxygens (including phenoxy) is 2. The van der Waals surface area contributed by atoms with Gasteiger partial charge in [0.1, 0.15) is 18.1 Å². The number of benzene rings is 1. The summed E-state index contributed by atoms with van der Waals surface area (Å²) in [5.74, 6) is 1.42. The molecule has 29 heavy (non-hydrogen) atoms. The molecule has 1 atom stereocenters. The van der Waals surface area contributed by atoms with Gasteiger partial charge in [0.15, 0.2) is 14.0 Å². The molecule has 2 aromatic rings. The van der Waals surface area contributed by atoms with Crippen molar-refractivity contribution in [2.45, 2.75) is 29.4 Å². The van der Waals surface area contributed by atoms with Crippen LogP contribution in [0.25, 0.3) is 0 Å². The van der Waals surface area contributed by atoms with E-state index in [1.54, 1.807) is 7.11 Å². The summed E-state index contributed by atoms with van der Waals surface area (Å²) in [7, 11) is -1.72. The highest BCUT2D eigenvalue weighted by atomic mass is 32.2. The normalized spacial score (nSPS) is 20.1. The molecule has 1 aromatic heterocycles. The lowest BCUT2D eigenvalue weighted by Crippen LogP contribution is -2.44. The predicted molar refractivity (Wildman–Crippen MR) is 107 cm³/mol. The van der Waals surface area contributed by atoms with Crippen LogP contribution in [0, 0.1) is 5.92 Å². The van der Waals surface area contributed by atoms with E-state index in [2.05, 4.69) is 9.59 Å². The van der Waals surface area contributed by atoms with Gasteiger partial charge in [-0.2, -0.15) is 0 Å². The number of aromatic nitrogens is 2. The van der Waals surface area contributed by atoms with Gasteiger partial charge in [-0.25, -0.2) is 8.42 Å². The van der Waals surface area contributed by atoms with Crippen LogP contribution >= 0.6 is 11.5 Å². The fourth-order valence-electron chi connectivity index (χ4n) is 3.98. The molecule has 1 aromatic carbocycles. The first kappa shape index (κ1) is 20.1. The summed E-state index contributed by atoms with van der Waals surface area (Å²) < 4.78 is 39.0. The topological polar surface area (TPSA) is 98.7 Å². The van der Waals surface area contributed by atoms with E-state index in [-0.39, 0.29) is 22.0 Å². The van der Waals surface area contributed by atoms with Crippen molar-refractivity contribution in [2.75, 3.05) is 33.1 Å².